The van der Waals surface area contributed by atoms with Gasteiger partial charge in [-0.05, 0) is 43.2 Å². The van der Waals surface area contributed by atoms with E-state index in [1.54, 1.807) is 23.9 Å². The first-order chi connectivity index (χ1) is 9.60. The molecule has 104 valence electrons. The van der Waals surface area contributed by atoms with E-state index >= 15 is 0 Å². The molecule has 20 heavy (non-hydrogen) atoms. The average molecular weight is 270 g/mol. The number of nitrogens with zero attached hydrogens (tertiary/aromatic N) is 2. The first kappa shape index (κ1) is 14.1. The molecule has 1 aromatic heterocycles. The highest BCUT2D eigenvalue weighted by Gasteiger charge is 2.13. The minimum absolute atomic E-state index is 0.501. The molecule has 0 bridgehead atoms. The SMILES string of the molecule is C=CCn1nc(-c2cc(C)c(C)cc2OC)cc1C=O. The number of rotatable bonds is 5. The monoisotopic (exact) mass is 270 g/mol. The molecule has 2 rings (SSSR count). The fraction of sp³-hybridized carbons (Fsp3) is 0.250. The molecule has 0 saturated carbocycles. The van der Waals surface area contributed by atoms with E-state index in [9.17, 15) is 4.79 Å². The summed E-state index contributed by atoms with van der Waals surface area (Å²) in [6, 6.07) is 5.78. The topological polar surface area (TPSA) is 44.1 Å². The summed E-state index contributed by atoms with van der Waals surface area (Å²) in [6.45, 7) is 8.25. The minimum Gasteiger partial charge on any atom is -0.496 e. The van der Waals surface area contributed by atoms with Crippen LogP contribution in [0.2, 0.25) is 0 Å². The van der Waals surface area contributed by atoms with Crippen LogP contribution in [0.25, 0.3) is 11.3 Å². The number of methoxy groups -OCH3 is 1. The average Bonchev–Trinajstić information content (AvgIpc) is 2.84. The van der Waals surface area contributed by atoms with Crippen LogP contribution in [0.3, 0.4) is 0 Å². The van der Waals surface area contributed by atoms with Gasteiger partial charge in [0.15, 0.2) is 6.29 Å². The smallest absolute Gasteiger partial charge is 0.168 e. The summed E-state index contributed by atoms with van der Waals surface area (Å²) in [6.07, 6.45) is 2.51. The lowest BCUT2D eigenvalue weighted by molar-refractivity contribution is 0.111. The Labute approximate surface area is 118 Å². The fourth-order valence-electron chi connectivity index (χ4n) is 2.08. The molecular weight excluding hydrogens is 252 g/mol. The first-order valence-electron chi connectivity index (χ1n) is 6.40. The molecule has 0 aliphatic carbocycles. The maximum Gasteiger partial charge on any atom is 0.168 e. The number of hydrogen-bond donors (Lipinski definition) is 0. The number of benzene rings is 1. The van der Waals surface area contributed by atoms with Gasteiger partial charge in [0, 0.05) is 5.56 Å². The fourth-order valence-corrected chi connectivity index (χ4v) is 2.08. The second-order valence-electron chi connectivity index (χ2n) is 4.68. The number of carbonyl (C=O) groups is 1. The maximum absolute atomic E-state index is 11.1. The Hall–Kier alpha value is -2.36. The van der Waals surface area contributed by atoms with Gasteiger partial charge in [-0.15, -0.1) is 6.58 Å². The predicted octanol–water partition coefficient (Wildman–Crippen LogP) is 3.17. The van der Waals surface area contributed by atoms with E-state index in [1.807, 2.05) is 26.0 Å². The van der Waals surface area contributed by atoms with Crippen LogP contribution in [0.5, 0.6) is 5.75 Å². The Morgan fingerprint density at radius 1 is 1.30 bits per heavy atom. The lowest BCUT2D eigenvalue weighted by Crippen LogP contribution is -2.02. The van der Waals surface area contributed by atoms with E-state index < -0.39 is 0 Å². The zero-order valence-electron chi connectivity index (χ0n) is 12.0. The normalized spacial score (nSPS) is 10.3. The van der Waals surface area contributed by atoms with Crippen molar-refractivity contribution in [3.8, 4) is 17.0 Å². The summed E-state index contributed by atoms with van der Waals surface area (Å²) < 4.78 is 7.05. The van der Waals surface area contributed by atoms with Crippen molar-refractivity contribution in [1.82, 2.24) is 9.78 Å². The van der Waals surface area contributed by atoms with Crippen molar-refractivity contribution in [3.05, 3.63) is 47.7 Å². The molecule has 0 spiro atoms. The molecule has 1 heterocycles. The summed E-state index contributed by atoms with van der Waals surface area (Å²) in [5, 5.41) is 4.45. The van der Waals surface area contributed by atoms with Crippen molar-refractivity contribution >= 4 is 6.29 Å². The van der Waals surface area contributed by atoms with Crippen LogP contribution in [0.1, 0.15) is 21.6 Å². The summed E-state index contributed by atoms with van der Waals surface area (Å²) in [5.41, 5.74) is 4.47. The van der Waals surface area contributed by atoms with Gasteiger partial charge in [0.05, 0.1) is 19.3 Å². The van der Waals surface area contributed by atoms with Crippen molar-refractivity contribution in [2.24, 2.45) is 0 Å². The summed E-state index contributed by atoms with van der Waals surface area (Å²) >= 11 is 0. The van der Waals surface area contributed by atoms with Gasteiger partial charge >= 0.3 is 0 Å². The van der Waals surface area contributed by atoms with Crippen LogP contribution in [0.15, 0.2) is 30.9 Å². The lowest BCUT2D eigenvalue weighted by atomic mass is 10.0. The van der Waals surface area contributed by atoms with Crippen molar-refractivity contribution < 1.29 is 9.53 Å². The van der Waals surface area contributed by atoms with E-state index in [1.165, 1.54) is 0 Å². The predicted molar refractivity (Wildman–Crippen MR) is 79.3 cm³/mol. The van der Waals surface area contributed by atoms with Crippen molar-refractivity contribution in [1.29, 1.82) is 0 Å². The number of ether oxygens (including phenoxy) is 1. The highest BCUT2D eigenvalue weighted by atomic mass is 16.5. The van der Waals surface area contributed by atoms with Gasteiger partial charge in [-0.1, -0.05) is 6.08 Å². The van der Waals surface area contributed by atoms with Gasteiger partial charge in [0.25, 0.3) is 0 Å². The Kier molecular flexibility index (Phi) is 4.03. The molecule has 2 aromatic rings. The number of hydrogen-bond acceptors (Lipinski definition) is 3. The molecule has 0 atom stereocenters. The quantitative estimate of drug-likeness (QED) is 0.619. The highest BCUT2D eigenvalue weighted by Crippen LogP contribution is 2.32. The van der Waals surface area contributed by atoms with Crippen LogP contribution in [-0.4, -0.2) is 23.2 Å². The van der Waals surface area contributed by atoms with E-state index in [0.717, 1.165) is 34.4 Å². The third-order valence-electron chi connectivity index (χ3n) is 3.33. The highest BCUT2D eigenvalue weighted by molar-refractivity contribution is 5.78. The number of allylic oxidation sites excluding steroid dienone is 1. The Balaban J connectivity index is 2.58. The Morgan fingerprint density at radius 3 is 2.60 bits per heavy atom. The van der Waals surface area contributed by atoms with Crippen LogP contribution in [-0.2, 0) is 6.54 Å². The number of carbonyl (C=O) groups excluding carboxylic acids is 1. The summed E-state index contributed by atoms with van der Waals surface area (Å²) in [5.74, 6) is 0.758. The standard InChI is InChI=1S/C16H18N2O2/c1-5-6-18-13(10-19)9-15(17-18)14-7-11(2)12(3)8-16(14)20-4/h5,7-10H,1,6H2,2-4H3. The molecule has 0 aliphatic heterocycles. The minimum atomic E-state index is 0.501. The van der Waals surface area contributed by atoms with Gasteiger partial charge in [-0.3, -0.25) is 9.48 Å². The second kappa shape index (κ2) is 5.74. The van der Waals surface area contributed by atoms with Crippen molar-refractivity contribution in [3.63, 3.8) is 0 Å². The molecule has 4 heteroatoms. The third-order valence-corrected chi connectivity index (χ3v) is 3.33. The molecule has 4 nitrogen and oxygen atoms in total. The molecule has 0 saturated heterocycles. The number of aldehydes is 1. The van der Waals surface area contributed by atoms with E-state index in [-0.39, 0.29) is 0 Å². The van der Waals surface area contributed by atoms with Gasteiger partial charge < -0.3 is 4.74 Å². The molecule has 0 unspecified atom stereocenters. The van der Waals surface area contributed by atoms with Crippen molar-refractivity contribution in [2.75, 3.05) is 7.11 Å². The molecular formula is C16H18N2O2. The van der Waals surface area contributed by atoms with Crippen LogP contribution in [0, 0.1) is 13.8 Å². The van der Waals surface area contributed by atoms with Crippen molar-refractivity contribution in [2.45, 2.75) is 20.4 Å². The van der Waals surface area contributed by atoms with Gasteiger partial charge in [0.1, 0.15) is 11.4 Å². The van der Waals surface area contributed by atoms with E-state index in [4.69, 9.17) is 4.74 Å². The number of aromatic nitrogens is 2. The molecule has 0 aliphatic rings. The number of aryl methyl sites for hydroxylation is 2. The molecule has 0 amide bonds. The first-order valence-corrected chi connectivity index (χ1v) is 6.40. The van der Waals surface area contributed by atoms with Gasteiger partial charge in [-0.25, -0.2) is 0 Å². The third kappa shape index (κ3) is 2.50. The van der Waals surface area contributed by atoms with Crippen LogP contribution >= 0.6 is 0 Å². The van der Waals surface area contributed by atoms with Crippen LogP contribution < -0.4 is 4.74 Å². The molecule has 0 N–H and O–H groups in total. The Morgan fingerprint density at radius 2 is 2.00 bits per heavy atom. The maximum atomic E-state index is 11.1. The Bertz CT molecular complexity index is 657. The zero-order valence-corrected chi connectivity index (χ0v) is 12.0. The summed E-state index contributed by atoms with van der Waals surface area (Å²) in [7, 11) is 1.63. The van der Waals surface area contributed by atoms with E-state index in [2.05, 4.69) is 11.7 Å². The second-order valence-corrected chi connectivity index (χ2v) is 4.68. The van der Waals surface area contributed by atoms with E-state index in [0.29, 0.717) is 12.2 Å². The molecule has 0 radical (unpaired) electrons. The molecule has 1 aromatic carbocycles. The molecule has 0 fully saturated rings. The van der Waals surface area contributed by atoms with Crippen LogP contribution in [0.4, 0.5) is 0 Å². The largest absolute Gasteiger partial charge is 0.496 e. The zero-order chi connectivity index (χ0) is 14.7. The van der Waals surface area contributed by atoms with Gasteiger partial charge in [0.2, 0.25) is 0 Å². The lowest BCUT2D eigenvalue weighted by Gasteiger charge is -2.10. The van der Waals surface area contributed by atoms with Gasteiger partial charge in [-0.2, -0.15) is 5.10 Å². The summed E-state index contributed by atoms with van der Waals surface area (Å²) in [4.78, 5) is 11.1.